The number of ether oxygens (including phenoxy) is 1. The van der Waals surface area contributed by atoms with Crippen LogP contribution in [0.2, 0.25) is 0 Å². The normalized spacial score (nSPS) is 17.8. The molecule has 14 nitrogen and oxygen atoms in total. The van der Waals surface area contributed by atoms with Crippen LogP contribution in [0.5, 0.6) is 0 Å². The fraction of sp³-hybridized carbons (Fsp3) is 0.567. The first kappa shape index (κ1) is 37.0. The summed E-state index contributed by atoms with van der Waals surface area (Å²) in [6, 6.07) is 4.58. The minimum absolute atomic E-state index is 0.0292. The molecule has 264 valence electrons. The van der Waals surface area contributed by atoms with E-state index in [2.05, 4.69) is 15.3 Å². The number of aromatic nitrogens is 2. The predicted molar refractivity (Wildman–Crippen MR) is 168 cm³/mol. The number of benzene rings is 1. The highest BCUT2D eigenvalue weighted by molar-refractivity contribution is 7.53. The average Bonchev–Trinajstić information content (AvgIpc) is 3.56. The number of halogens is 3. The van der Waals surface area contributed by atoms with Crippen LogP contribution in [-0.2, 0) is 29.3 Å². The third-order valence-corrected chi connectivity index (χ3v) is 10.1. The molecule has 2 saturated heterocycles. The van der Waals surface area contributed by atoms with Gasteiger partial charge in [-0.2, -0.15) is 13.2 Å². The van der Waals surface area contributed by atoms with E-state index in [1.54, 1.807) is 21.0 Å². The van der Waals surface area contributed by atoms with Crippen molar-refractivity contribution in [1.29, 1.82) is 0 Å². The molecule has 2 aliphatic rings. The van der Waals surface area contributed by atoms with Gasteiger partial charge in [0.2, 0.25) is 5.91 Å². The fourth-order valence-electron chi connectivity index (χ4n) is 5.48. The van der Waals surface area contributed by atoms with Crippen molar-refractivity contribution in [2.75, 3.05) is 70.7 Å². The molecule has 2 aromatic rings. The summed E-state index contributed by atoms with van der Waals surface area (Å²) in [5.41, 5.74) is -1.09. The topological polar surface area (TPSA) is 164 Å². The number of carboxylic acid groups (broad SMARTS) is 1. The van der Waals surface area contributed by atoms with Gasteiger partial charge >= 0.3 is 19.9 Å². The van der Waals surface area contributed by atoms with E-state index < -0.39 is 43.3 Å². The van der Waals surface area contributed by atoms with Gasteiger partial charge in [0.25, 0.3) is 5.91 Å². The van der Waals surface area contributed by atoms with Crippen LogP contribution in [-0.4, -0.2) is 121 Å². The van der Waals surface area contributed by atoms with Crippen molar-refractivity contribution in [3.63, 3.8) is 0 Å². The van der Waals surface area contributed by atoms with Crippen LogP contribution in [0.15, 0.2) is 30.3 Å². The molecule has 2 fully saturated rings. The smallest absolute Gasteiger partial charge is 0.416 e. The molecule has 48 heavy (non-hydrogen) atoms. The van der Waals surface area contributed by atoms with Crippen molar-refractivity contribution < 1.29 is 51.0 Å². The number of hydrogen-bond donors (Lipinski definition) is 2. The van der Waals surface area contributed by atoms with Gasteiger partial charge < -0.3 is 38.9 Å². The van der Waals surface area contributed by atoms with Crippen LogP contribution in [0.3, 0.4) is 0 Å². The van der Waals surface area contributed by atoms with Gasteiger partial charge in [0.15, 0.2) is 5.82 Å². The Balaban J connectivity index is 1.67. The van der Waals surface area contributed by atoms with E-state index in [-0.39, 0.29) is 81.0 Å². The molecular formula is C30H40F3N6O8P. The molecule has 3 amide bonds. The zero-order valence-electron chi connectivity index (χ0n) is 26.9. The molecule has 18 heteroatoms. The zero-order valence-corrected chi connectivity index (χ0v) is 27.8. The minimum Gasteiger partial charge on any atom is -0.465 e. The molecule has 2 N–H and O–H groups in total. The Morgan fingerprint density at radius 1 is 1.04 bits per heavy atom. The largest absolute Gasteiger partial charge is 0.465 e. The lowest BCUT2D eigenvalue weighted by molar-refractivity contribution is -0.137. The molecule has 1 aromatic carbocycles. The molecule has 0 saturated carbocycles. The number of hydrogen-bond acceptors (Lipinski definition) is 10. The van der Waals surface area contributed by atoms with E-state index in [4.69, 9.17) is 13.8 Å². The number of rotatable bonds is 13. The summed E-state index contributed by atoms with van der Waals surface area (Å²) in [5.74, 6) is -1.20. The Morgan fingerprint density at radius 2 is 1.71 bits per heavy atom. The molecule has 0 unspecified atom stereocenters. The summed E-state index contributed by atoms with van der Waals surface area (Å²) in [5, 5.41) is 12.0. The van der Waals surface area contributed by atoms with Crippen LogP contribution >= 0.6 is 7.60 Å². The van der Waals surface area contributed by atoms with Gasteiger partial charge in [-0.05, 0) is 38.8 Å². The summed E-state index contributed by atoms with van der Waals surface area (Å²) < 4.78 is 70.1. The minimum atomic E-state index is -4.62. The molecule has 4 rings (SSSR count). The lowest BCUT2D eigenvalue weighted by Gasteiger charge is -2.35. The summed E-state index contributed by atoms with van der Waals surface area (Å²) in [6.07, 6.45) is -5.57. The van der Waals surface area contributed by atoms with E-state index in [1.165, 1.54) is 28.0 Å². The van der Waals surface area contributed by atoms with E-state index in [0.29, 0.717) is 19.5 Å². The third kappa shape index (κ3) is 9.43. The number of carbonyl (C=O) groups is 3. The van der Waals surface area contributed by atoms with Gasteiger partial charge in [0.05, 0.1) is 31.0 Å². The van der Waals surface area contributed by atoms with Gasteiger partial charge in [-0.25, -0.2) is 14.8 Å². The van der Waals surface area contributed by atoms with Gasteiger partial charge in [-0.1, -0.05) is 12.1 Å². The van der Waals surface area contributed by atoms with E-state index >= 15 is 0 Å². The number of nitrogens with zero attached hydrogens (tertiary/aromatic N) is 5. The van der Waals surface area contributed by atoms with Crippen molar-refractivity contribution in [1.82, 2.24) is 25.1 Å². The summed E-state index contributed by atoms with van der Waals surface area (Å²) in [4.78, 5) is 52.2. The second-order valence-corrected chi connectivity index (χ2v) is 13.4. The second kappa shape index (κ2) is 16.1. The Bertz CT molecular complexity index is 1500. The number of nitrogens with one attached hydrogen (secondary N) is 1. The van der Waals surface area contributed by atoms with Crippen molar-refractivity contribution in [3.05, 3.63) is 41.6 Å². The number of carbonyl (C=O) groups excluding carboxylic acids is 2. The maximum atomic E-state index is 13.8. The molecule has 1 aromatic heterocycles. The van der Waals surface area contributed by atoms with Crippen molar-refractivity contribution in [3.8, 4) is 11.4 Å². The Morgan fingerprint density at radius 3 is 2.29 bits per heavy atom. The van der Waals surface area contributed by atoms with Gasteiger partial charge in [-0.3, -0.25) is 14.2 Å². The SMILES string of the molecule is CCOP(=O)(CC[C@H](NC(=O)c1cc(N2CC[C@H](OC)C2)nc(-c2cccc(C(F)(F)F)c2)n1)C(=O)N1CCN(C(=O)O)CC1)OCC. The lowest BCUT2D eigenvalue weighted by Crippen LogP contribution is -2.56. The third-order valence-electron chi connectivity index (χ3n) is 8.00. The van der Waals surface area contributed by atoms with E-state index in [0.717, 1.165) is 12.1 Å². The molecule has 0 spiro atoms. The van der Waals surface area contributed by atoms with Crippen LogP contribution in [0, 0.1) is 0 Å². The van der Waals surface area contributed by atoms with Gasteiger partial charge in [0, 0.05) is 58.0 Å². The number of alkyl halides is 3. The van der Waals surface area contributed by atoms with Gasteiger partial charge in [0.1, 0.15) is 17.6 Å². The number of methoxy groups -OCH3 is 1. The summed E-state index contributed by atoms with van der Waals surface area (Å²) >= 11 is 0. The van der Waals surface area contributed by atoms with Crippen LogP contribution < -0.4 is 10.2 Å². The van der Waals surface area contributed by atoms with E-state index in [9.17, 15) is 37.2 Å². The average molecular weight is 701 g/mol. The maximum absolute atomic E-state index is 13.8. The molecule has 2 atom stereocenters. The summed E-state index contributed by atoms with van der Waals surface area (Å²) in [6.45, 7) is 4.64. The molecule has 0 radical (unpaired) electrons. The van der Waals surface area contributed by atoms with Crippen LogP contribution in [0.4, 0.5) is 23.8 Å². The van der Waals surface area contributed by atoms with Crippen molar-refractivity contribution in [2.24, 2.45) is 0 Å². The highest BCUT2D eigenvalue weighted by atomic mass is 31.2. The maximum Gasteiger partial charge on any atom is 0.416 e. The Hall–Kier alpha value is -3.79. The fourth-order valence-corrected chi connectivity index (χ4v) is 7.17. The van der Waals surface area contributed by atoms with E-state index in [1.807, 2.05) is 4.90 Å². The zero-order chi connectivity index (χ0) is 35.1. The highest BCUT2D eigenvalue weighted by Crippen LogP contribution is 2.48. The molecule has 2 aliphatic heterocycles. The second-order valence-electron chi connectivity index (χ2n) is 11.2. The Labute approximate surface area is 276 Å². The quantitative estimate of drug-likeness (QED) is 0.291. The molecule has 0 aliphatic carbocycles. The number of piperazine rings is 1. The van der Waals surface area contributed by atoms with Gasteiger partial charge in [-0.15, -0.1) is 0 Å². The van der Waals surface area contributed by atoms with Crippen molar-refractivity contribution in [2.45, 2.75) is 45.0 Å². The predicted octanol–water partition coefficient (Wildman–Crippen LogP) is 3.96. The van der Waals surface area contributed by atoms with Crippen LogP contribution in [0.1, 0.15) is 42.7 Å². The first-order valence-electron chi connectivity index (χ1n) is 15.6. The first-order chi connectivity index (χ1) is 22.8. The lowest BCUT2D eigenvalue weighted by atomic mass is 10.1. The number of anilines is 1. The standard InChI is InChI=1S/C30H40F3N6O8P/c1-4-46-48(44,47-5-2)16-10-23(28(41)37-12-14-38(15-13-37)29(42)43)35-27(40)24-18-25(39-11-9-22(19-39)45-3)36-26(34-24)20-7-6-8-21(17-20)30(31,32)33/h6-8,17-18,22-23H,4-5,9-16,19H2,1-3H3,(H,35,40)(H,42,43)/t22-,23-/m0/s1. The number of amides is 3. The molecular weight excluding hydrogens is 660 g/mol. The monoisotopic (exact) mass is 700 g/mol. The van der Waals surface area contributed by atoms with Crippen molar-refractivity contribution >= 4 is 31.3 Å². The van der Waals surface area contributed by atoms with Crippen LogP contribution in [0.25, 0.3) is 11.4 Å². The summed E-state index contributed by atoms with van der Waals surface area (Å²) in [7, 11) is -2.07. The Kier molecular flexibility index (Phi) is 12.4. The molecule has 0 bridgehead atoms. The highest BCUT2D eigenvalue weighted by Gasteiger charge is 2.35. The first-order valence-corrected chi connectivity index (χ1v) is 17.3. The molecule has 3 heterocycles.